The lowest BCUT2D eigenvalue weighted by molar-refractivity contribution is -0.384. The molecule has 2 aromatic carbocycles. The molecule has 0 spiro atoms. The SMILES string of the molecule is Cc1ccc(C(=O)c2ccc(N3CCC(C)CC3)c([N+](=O)[O-])c2)cc1. The van der Waals surface area contributed by atoms with Crippen LogP contribution < -0.4 is 4.90 Å². The van der Waals surface area contributed by atoms with E-state index in [9.17, 15) is 14.9 Å². The molecule has 0 saturated carbocycles. The largest absolute Gasteiger partial charge is 0.366 e. The molecule has 0 aromatic heterocycles. The summed E-state index contributed by atoms with van der Waals surface area (Å²) in [6, 6.07) is 12.1. The second-order valence-corrected chi connectivity index (χ2v) is 6.83. The average molecular weight is 338 g/mol. The van der Waals surface area contributed by atoms with Crippen LogP contribution in [0.5, 0.6) is 0 Å². The van der Waals surface area contributed by atoms with E-state index in [0.29, 0.717) is 22.7 Å². The molecule has 0 radical (unpaired) electrons. The predicted molar refractivity (Wildman–Crippen MR) is 98.3 cm³/mol. The fourth-order valence-corrected chi connectivity index (χ4v) is 3.20. The average Bonchev–Trinajstić information content (AvgIpc) is 2.62. The molecule has 0 N–H and O–H groups in total. The maximum Gasteiger partial charge on any atom is 0.293 e. The van der Waals surface area contributed by atoms with E-state index in [2.05, 4.69) is 11.8 Å². The van der Waals surface area contributed by atoms with E-state index in [0.717, 1.165) is 31.5 Å². The van der Waals surface area contributed by atoms with Crippen molar-refractivity contribution in [2.45, 2.75) is 26.7 Å². The van der Waals surface area contributed by atoms with Crippen molar-refractivity contribution in [1.29, 1.82) is 0 Å². The lowest BCUT2D eigenvalue weighted by Gasteiger charge is -2.31. The Kier molecular flexibility index (Phi) is 4.83. The molecular weight excluding hydrogens is 316 g/mol. The van der Waals surface area contributed by atoms with E-state index < -0.39 is 0 Å². The van der Waals surface area contributed by atoms with E-state index in [1.807, 2.05) is 19.1 Å². The Morgan fingerprint density at radius 2 is 1.68 bits per heavy atom. The number of ketones is 1. The summed E-state index contributed by atoms with van der Waals surface area (Å²) >= 11 is 0. The van der Waals surface area contributed by atoms with Crippen molar-refractivity contribution >= 4 is 17.2 Å². The monoisotopic (exact) mass is 338 g/mol. The summed E-state index contributed by atoms with van der Waals surface area (Å²) in [5.74, 6) is 0.458. The highest BCUT2D eigenvalue weighted by Gasteiger charge is 2.25. The number of anilines is 1. The highest BCUT2D eigenvalue weighted by Crippen LogP contribution is 2.32. The molecule has 3 rings (SSSR count). The van der Waals surface area contributed by atoms with Gasteiger partial charge in [0.1, 0.15) is 5.69 Å². The Hall–Kier alpha value is -2.69. The predicted octanol–water partition coefficient (Wildman–Crippen LogP) is 4.37. The zero-order chi connectivity index (χ0) is 18.0. The van der Waals surface area contributed by atoms with Gasteiger partial charge in [-0.3, -0.25) is 14.9 Å². The van der Waals surface area contributed by atoms with E-state index in [4.69, 9.17) is 0 Å². The minimum Gasteiger partial charge on any atom is -0.366 e. The van der Waals surface area contributed by atoms with Crippen LogP contribution in [0, 0.1) is 23.0 Å². The van der Waals surface area contributed by atoms with Crippen molar-refractivity contribution in [3.05, 3.63) is 69.3 Å². The number of benzene rings is 2. The molecule has 5 heteroatoms. The topological polar surface area (TPSA) is 63.5 Å². The summed E-state index contributed by atoms with van der Waals surface area (Å²) in [6.07, 6.45) is 2.06. The molecule has 130 valence electrons. The number of carbonyl (C=O) groups is 1. The van der Waals surface area contributed by atoms with Crippen molar-refractivity contribution < 1.29 is 9.72 Å². The van der Waals surface area contributed by atoms with Crippen LogP contribution in [0.15, 0.2) is 42.5 Å². The molecular formula is C20H22N2O3. The van der Waals surface area contributed by atoms with Crippen molar-refractivity contribution in [3.8, 4) is 0 Å². The molecule has 25 heavy (non-hydrogen) atoms. The zero-order valence-electron chi connectivity index (χ0n) is 14.6. The van der Waals surface area contributed by atoms with Gasteiger partial charge in [0.2, 0.25) is 0 Å². The molecule has 1 aliphatic rings. The number of nitro groups is 1. The molecule has 1 heterocycles. The molecule has 1 aliphatic heterocycles. The standard InChI is InChI=1S/C20H22N2O3/c1-14-3-5-16(6-4-14)20(23)17-7-8-18(19(13-17)22(24)25)21-11-9-15(2)10-12-21/h3-8,13,15H,9-12H2,1-2H3. The number of hydrogen-bond acceptors (Lipinski definition) is 4. The normalized spacial score (nSPS) is 15.2. The van der Waals surface area contributed by atoms with Gasteiger partial charge in [-0.2, -0.15) is 0 Å². The van der Waals surface area contributed by atoms with Gasteiger partial charge in [-0.1, -0.05) is 36.8 Å². The van der Waals surface area contributed by atoms with E-state index in [1.165, 1.54) is 6.07 Å². The summed E-state index contributed by atoms with van der Waals surface area (Å²) in [7, 11) is 0. The van der Waals surface area contributed by atoms with Gasteiger partial charge < -0.3 is 4.90 Å². The number of carbonyl (C=O) groups excluding carboxylic acids is 1. The van der Waals surface area contributed by atoms with Crippen LogP contribution >= 0.6 is 0 Å². The van der Waals surface area contributed by atoms with Crippen LogP contribution in [0.25, 0.3) is 0 Å². The Morgan fingerprint density at radius 3 is 2.28 bits per heavy atom. The van der Waals surface area contributed by atoms with Crippen molar-refractivity contribution in [2.75, 3.05) is 18.0 Å². The first-order chi connectivity index (χ1) is 12.0. The molecule has 1 fully saturated rings. The number of piperidine rings is 1. The van der Waals surface area contributed by atoms with Gasteiger partial charge in [0.15, 0.2) is 5.78 Å². The molecule has 0 atom stereocenters. The fourth-order valence-electron chi connectivity index (χ4n) is 3.20. The van der Waals surface area contributed by atoms with Gasteiger partial charge in [-0.05, 0) is 37.8 Å². The maximum atomic E-state index is 12.6. The van der Waals surface area contributed by atoms with Crippen LogP contribution in [0.2, 0.25) is 0 Å². The number of hydrogen-bond donors (Lipinski definition) is 0. The van der Waals surface area contributed by atoms with Crippen molar-refractivity contribution in [1.82, 2.24) is 0 Å². The summed E-state index contributed by atoms with van der Waals surface area (Å²) in [4.78, 5) is 25.8. The van der Waals surface area contributed by atoms with Crippen molar-refractivity contribution in [3.63, 3.8) is 0 Å². The molecule has 5 nitrogen and oxygen atoms in total. The lowest BCUT2D eigenvalue weighted by atomic mass is 9.97. The molecule has 1 saturated heterocycles. The minimum absolute atomic E-state index is 0.00696. The molecule has 0 bridgehead atoms. The Balaban J connectivity index is 1.92. The highest BCUT2D eigenvalue weighted by atomic mass is 16.6. The van der Waals surface area contributed by atoms with Crippen LogP contribution in [0.1, 0.15) is 41.3 Å². The van der Waals surface area contributed by atoms with Gasteiger partial charge in [0.05, 0.1) is 4.92 Å². The highest BCUT2D eigenvalue weighted by molar-refractivity contribution is 6.09. The summed E-state index contributed by atoms with van der Waals surface area (Å²) in [5.41, 5.74) is 2.58. The molecule has 0 amide bonds. The quantitative estimate of drug-likeness (QED) is 0.472. The molecule has 2 aromatic rings. The number of nitro benzene ring substituents is 1. The summed E-state index contributed by atoms with van der Waals surface area (Å²) < 4.78 is 0. The molecule has 0 unspecified atom stereocenters. The number of aryl methyl sites for hydroxylation is 1. The maximum absolute atomic E-state index is 12.6. The smallest absolute Gasteiger partial charge is 0.293 e. The third-order valence-corrected chi connectivity index (χ3v) is 4.87. The van der Waals surface area contributed by atoms with Crippen molar-refractivity contribution in [2.24, 2.45) is 5.92 Å². The second kappa shape index (κ2) is 7.05. The van der Waals surface area contributed by atoms with Gasteiger partial charge in [0, 0.05) is 30.3 Å². The van der Waals surface area contributed by atoms with Gasteiger partial charge in [0.25, 0.3) is 5.69 Å². The van der Waals surface area contributed by atoms with Gasteiger partial charge in [-0.25, -0.2) is 0 Å². The van der Waals surface area contributed by atoms with Crippen LogP contribution in [0.4, 0.5) is 11.4 Å². The third-order valence-electron chi connectivity index (χ3n) is 4.87. The Labute approximate surface area is 147 Å². The van der Waals surface area contributed by atoms with Crippen LogP contribution in [-0.2, 0) is 0 Å². The van der Waals surface area contributed by atoms with E-state index in [1.54, 1.807) is 24.3 Å². The van der Waals surface area contributed by atoms with Crippen LogP contribution in [-0.4, -0.2) is 23.8 Å². The Morgan fingerprint density at radius 1 is 1.08 bits per heavy atom. The minimum atomic E-state index is -0.390. The third kappa shape index (κ3) is 3.71. The van der Waals surface area contributed by atoms with Crippen LogP contribution in [0.3, 0.4) is 0 Å². The lowest BCUT2D eigenvalue weighted by Crippen LogP contribution is -2.33. The summed E-state index contributed by atoms with van der Waals surface area (Å²) in [5, 5.41) is 11.6. The molecule has 0 aliphatic carbocycles. The Bertz CT molecular complexity index is 791. The van der Waals surface area contributed by atoms with Gasteiger partial charge >= 0.3 is 0 Å². The first-order valence-electron chi connectivity index (χ1n) is 8.60. The second-order valence-electron chi connectivity index (χ2n) is 6.83. The number of nitrogens with zero attached hydrogens (tertiary/aromatic N) is 2. The first kappa shape index (κ1) is 17.1. The van der Waals surface area contributed by atoms with E-state index in [-0.39, 0.29) is 16.4 Å². The summed E-state index contributed by atoms with van der Waals surface area (Å²) in [6.45, 7) is 5.78. The zero-order valence-corrected chi connectivity index (χ0v) is 14.6. The number of rotatable bonds is 4. The van der Waals surface area contributed by atoms with Gasteiger partial charge in [-0.15, -0.1) is 0 Å². The first-order valence-corrected chi connectivity index (χ1v) is 8.60. The fraction of sp³-hybridized carbons (Fsp3) is 0.350. The van der Waals surface area contributed by atoms with E-state index >= 15 is 0 Å².